The smallest absolute Gasteiger partial charge is 0.254 e. The Morgan fingerprint density at radius 3 is 2.70 bits per heavy atom. The van der Waals surface area contributed by atoms with Gasteiger partial charge in [0.1, 0.15) is 0 Å². The number of fused-ring (bicyclic) bond motifs is 1. The van der Waals surface area contributed by atoms with Crippen LogP contribution in [0.5, 0.6) is 0 Å². The Balaban J connectivity index is 1.68. The number of hydrogen-bond donors (Lipinski definition) is 2. The van der Waals surface area contributed by atoms with E-state index in [9.17, 15) is 9.90 Å². The maximum atomic E-state index is 12.6. The van der Waals surface area contributed by atoms with Crippen LogP contribution in [0.25, 0.3) is 0 Å². The molecule has 2 aromatic rings. The second kappa shape index (κ2) is 7.40. The van der Waals surface area contributed by atoms with Crippen molar-refractivity contribution >= 4 is 5.91 Å². The van der Waals surface area contributed by atoms with Gasteiger partial charge in [-0.05, 0) is 29.5 Å². The maximum absolute atomic E-state index is 12.6. The summed E-state index contributed by atoms with van der Waals surface area (Å²) in [5, 5.41) is 12.5. The molecule has 0 saturated carbocycles. The molecule has 1 amide bonds. The van der Waals surface area contributed by atoms with Gasteiger partial charge in [-0.25, -0.2) is 0 Å². The molecule has 0 spiro atoms. The normalized spacial score (nSPS) is 18.0. The number of rotatable bonds is 5. The first-order chi connectivity index (χ1) is 11.3. The van der Waals surface area contributed by atoms with Gasteiger partial charge in [0.2, 0.25) is 0 Å². The van der Waals surface area contributed by atoms with E-state index in [0.717, 1.165) is 23.1 Å². The predicted octanol–water partition coefficient (Wildman–Crippen LogP) is 2.02. The van der Waals surface area contributed by atoms with Crippen LogP contribution in [-0.4, -0.2) is 30.3 Å². The first-order valence-electron chi connectivity index (χ1n) is 7.92. The molecule has 23 heavy (non-hydrogen) atoms. The minimum Gasteiger partial charge on any atom is -0.394 e. The van der Waals surface area contributed by atoms with E-state index in [2.05, 4.69) is 5.32 Å². The lowest BCUT2D eigenvalue weighted by Gasteiger charge is -2.27. The third-order valence-electron chi connectivity index (χ3n) is 4.12. The molecule has 0 aliphatic carbocycles. The molecule has 1 heterocycles. The highest BCUT2D eigenvalue weighted by Crippen LogP contribution is 2.27. The van der Waals surface area contributed by atoms with Gasteiger partial charge in [-0.2, -0.15) is 0 Å². The van der Waals surface area contributed by atoms with Gasteiger partial charge < -0.3 is 15.2 Å². The fraction of sp³-hybridized carbons (Fsp3) is 0.316. The van der Waals surface area contributed by atoms with Crippen LogP contribution in [0.15, 0.2) is 54.6 Å². The number of carbonyl (C=O) groups excluding carboxylic acids is 1. The van der Waals surface area contributed by atoms with Gasteiger partial charge in [-0.1, -0.05) is 54.6 Å². The molecular formula is C19H21NO3. The van der Waals surface area contributed by atoms with E-state index < -0.39 is 6.10 Å². The summed E-state index contributed by atoms with van der Waals surface area (Å²) in [5.41, 5.74) is 3.16. The third kappa shape index (κ3) is 3.78. The Morgan fingerprint density at radius 1 is 1.17 bits per heavy atom. The van der Waals surface area contributed by atoms with Crippen LogP contribution in [0.3, 0.4) is 0 Å². The van der Waals surface area contributed by atoms with Gasteiger partial charge >= 0.3 is 0 Å². The van der Waals surface area contributed by atoms with Crippen LogP contribution in [-0.2, 0) is 22.4 Å². The second-order valence-corrected chi connectivity index (χ2v) is 5.78. The molecule has 0 saturated heterocycles. The van der Waals surface area contributed by atoms with Crippen LogP contribution < -0.4 is 5.32 Å². The van der Waals surface area contributed by atoms with E-state index in [1.54, 1.807) is 0 Å². The molecule has 4 heteroatoms. The molecule has 2 aromatic carbocycles. The first kappa shape index (κ1) is 15.7. The lowest BCUT2D eigenvalue weighted by atomic mass is 9.96. The van der Waals surface area contributed by atoms with Crippen molar-refractivity contribution in [2.45, 2.75) is 25.0 Å². The predicted molar refractivity (Wildman–Crippen MR) is 88.0 cm³/mol. The van der Waals surface area contributed by atoms with Gasteiger partial charge in [-0.3, -0.25) is 4.79 Å². The minimum atomic E-state index is -0.593. The number of aliphatic hydroxyl groups is 1. The number of benzene rings is 2. The zero-order valence-electron chi connectivity index (χ0n) is 12.9. The Labute approximate surface area is 136 Å². The first-order valence-corrected chi connectivity index (χ1v) is 7.92. The zero-order valence-corrected chi connectivity index (χ0v) is 12.9. The maximum Gasteiger partial charge on any atom is 0.254 e. The quantitative estimate of drug-likeness (QED) is 0.888. The Bertz CT molecular complexity index is 657. The van der Waals surface area contributed by atoms with E-state index in [-0.39, 0.29) is 18.6 Å². The van der Waals surface area contributed by atoms with Gasteiger partial charge in [-0.15, -0.1) is 0 Å². The molecule has 0 bridgehead atoms. The summed E-state index contributed by atoms with van der Waals surface area (Å²) in [6.45, 7) is 0.437. The Morgan fingerprint density at radius 2 is 1.91 bits per heavy atom. The van der Waals surface area contributed by atoms with E-state index in [0.29, 0.717) is 13.0 Å². The molecule has 0 aromatic heterocycles. The number of nitrogens with one attached hydrogen (secondary N) is 1. The molecule has 0 unspecified atom stereocenters. The highest BCUT2D eigenvalue weighted by Gasteiger charge is 2.28. The van der Waals surface area contributed by atoms with Crippen molar-refractivity contribution in [3.05, 3.63) is 71.3 Å². The average molecular weight is 311 g/mol. The van der Waals surface area contributed by atoms with Crippen molar-refractivity contribution < 1.29 is 14.6 Å². The van der Waals surface area contributed by atoms with Gasteiger partial charge in [0, 0.05) is 0 Å². The van der Waals surface area contributed by atoms with Crippen molar-refractivity contribution in [2.75, 3.05) is 13.2 Å². The second-order valence-electron chi connectivity index (χ2n) is 5.78. The van der Waals surface area contributed by atoms with Crippen LogP contribution >= 0.6 is 0 Å². The van der Waals surface area contributed by atoms with E-state index in [1.165, 1.54) is 0 Å². The topological polar surface area (TPSA) is 58.6 Å². The number of amides is 1. The monoisotopic (exact) mass is 311 g/mol. The van der Waals surface area contributed by atoms with Crippen LogP contribution in [0.2, 0.25) is 0 Å². The summed E-state index contributed by atoms with van der Waals surface area (Å²) in [4.78, 5) is 12.6. The number of carbonyl (C=O) groups is 1. The van der Waals surface area contributed by atoms with Gasteiger partial charge in [0.05, 0.1) is 19.3 Å². The van der Waals surface area contributed by atoms with Gasteiger partial charge in [0.15, 0.2) is 6.10 Å². The Kier molecular flexibility index (Phi) is 5.05. The van der Waals surface area contributed by atoms with Crippen molar-refractivity contribution in [2.24, 2.45) is 0 Å². The summed E-state index contributed by atoms with van der Waals surface area (Å²) in [6.07, 6.45) is 0.829. The lowest BCUT2D eigenvalue weighted by molar-refractivity contribution is -0.135. The zero-order chi connectivity index (χ0) is 16.1. The van der Waals surface area contributed by atoms with Crippen molar-refractivity contribution in [3.63, 3.8) is 0 Å². The molecule has 1 aliphatic heterocycles. The standard InChI is InChI=1S/C19H21NO3/c21-13-16(12-14-6-2-1-3-7-14)20-19(22)18-17-9-5-4-8-15(17)10-11-23-18/h1-9,16,18,21H,10-13H2,(H,20,22)/t16-,18+/m1/s1. The molecule has 2 atom stereocenters. The van der Waals surface area contributed by atoms with E-state index in [1.807, 2.05) is 54.6 Å². The van der Waals surface area contributed by atoms with Gasteiger partial charge in [0.25, 0.3) is 5.91 Å². The molecule has 2 N–H and O–H groups in total. The summed E-state index contributed by atoms with van der Waals surface area (Å²) >= 11 is 0. The van der Waals surface area contributed by atoms with E-state index in [4.69, 9.17) is 4.74 Å². The van der Waals surface area contributed by atoms with Crippen molar-refractivity contribution in [3.8, 4) is 0 Å². The van der Waals surface area contributed by atoms with Crippen LogP contribution in [0, 0.1) is 0 Å². The molecule has 0 fully saturated rings. The van der Waals surface area contributed by atoms with E-state index >= 15 is 0 Å². The van der Waals surface area contributed by atoms with Crippen LogP contribution in [0.4, 0.5) is 0 Å². The largest absolute Gasteiger partial charge is 0.394 e. The molecule has 120 valence electrons. The fourth-order valence-electron chi connectivity index (χ4n) is 2.95. The fourth-order valence-corrected chi connectivity index (χ4v) is 2.95. The molecule has 0 radical (unpaired) electrons. The van der Waals surface area contributed by atoms with Crippen LogP contribution in [0.1, 0.15) is 22.8 Å². The average Bonchev–Trinajstić information content (AvgIpc) is 2.61. The Hall–Kier alpha value is -2.17. The summed E-state index contributed by atoms with van der Waals surface area (Å²) < 4.78 is 5.67. The number of hydrogen-bond acceptors (Lipinski definition) is 3. The summed E-state index contributed by atoms with van der Waals surface area (Å²) in [7, 11) is 0. The van der Waals surface area contributed by atoms with Crippen molar-refractivity contribution in [1.82, 2.24) is 5.32 Å². The highest BCUT2D eigenvalue weighted by molar-refractivity contribution is 5.83. The third-order valence-corrected chi connectivity index (χ3v) is 4.12. The molecule has 3 rings (SSSR count). The minimum absolute atomic E-state index is 0.102. The SMILES string of the molecule is O=C(N[C@@H](CO)Cc1ccccc1)[C@H]1OCCc2ccccc21. The molecular weight excluding hydrogens is 290 g/mol. The number of aliphatic hydroxyl groups excluding tert-OH is 1. The number of ether oxygens (including phenoxy) is 1. The summed E-state index contributed by atoms with van der Waals surface area (Å²) in [6, 6.07) is 17.4. The summed E-state index contributed by atoms with van der Waals surface area (Å²) in [5.74, 6) is -0.188. The van der Waals surface area contributed by atoms with Crippen molar-refractivity contribution in [1.29, 1.82) is 0 Å². The lowest BCUT2D eigenvalue weighted by Crippen LogP contribution is -2.43. The highest BCUT2D eigenvalue weighted by atomic mass is 16.5. The molecule has 4 nitrogen and oxygen atoms in total. The molecule has 1 aliphatic rings.